The van der Waals surface area contributed by atoms with Gasteiger partial charge in [0.1, 0.15) is 0 Å². The Balaban J connectivity index is 1.95. The number of aromatic nitrogens is 2. The number of nitrogens with one attached hydrogen (secondary N) is 2. The van der Waals surface area contributed by atoms with Crippen molar-refractivity contribution in [2.45, 2.75) is 6.54 Å². The molecule has 0 aliphatic carbocycles. The summed E-state index contributed by atoms with van der Waals surface area (Å²) in [7, 11) is 0. The monoisotopic (exact) mass is 426 g/mol. The summed E-state index contributed by atoms with van der Waals surface area (Å²) in [5.41, 5.74) is 5.45. The van der Waals surface area contributed by atoms with Crippen LogP contribution in [0.25, 0.3) is 10.9 Å². The van der Waals surface area contributed by atoms with E-state index in [0.29, 0.717) is 26.3 Å². The van der Waals surface area contributed by atoms with Gasteiger partial charge in [0.2, 0.25) is 5.82 Å². The van der Waals surface area contributed by atoms with Crippen LogP contribution in [0.4, 0.5) is 5.69 Å². The van der Waals surface area contributed by atoms with E-state index in [0.717, 1.165) is 4.57 Å². The lowest BCUT2D eigenvalue weighted by atomic mass is 10.2. The third kappa shape index (κ3) is 4.17. The van der Waals surface area contributed by atoms with E-state index >= 15 is 0 Å². The van der Waals surface area contributed by atoms with E-state index in [1.54, 1.807) is 24.3 Å². The van der Waals surface area contributed by atoms with Gasteiger partial charge in [-0.25, -0.2) is 4.98 Å². The maximum atomic E-state index is 12.7. The minimum absolute atomic E-state index is 0.0934. The van der Waals surface area contributed by atoms with Crippen LogP contribution >= 0.6 is 34.8 Å². The molecular weight excluding hydrogens is 415 g/mol. The largest absolute Gasteiger partial charge is 0.395 e. The minimum Gasteiger partial charge on any atom is -0.395 e. The number of aliphatic hydroxyl groups is 1. The molecule has 3 aromatic rings. The van der Waals surface area contributed by atoms with E-state index in [-0.39, 0.29) is 24.4 Å². The second kappa shape index (κ2) is 8.14. The van der Waals surface area contributed by atoms with Gasteiger partial charge in [-0.15, -0.1) is 0 Å². The van der Waals surface area contributed by atoms with Crippen molar-refractivity contribution in [2.75, 3.05) is 12.0 Å². The lowest BCUT2D eigenvalue weighted by Crippen LogP contribution is -2.37. The van der Waals surface area contributed by atoms with Crippen LogP contribution in [-0.4, -0.2) is 27.2 Å². The van der Waals surface area contributed by atoms with E-state index in [1.807, 2.05) is 0 Å². The van der Waals surface area contributed by atoms with Gasteiger partial charge in [0.25, 0.3) is 5.56 Å². The zero-order chi connectivity index (χ0) is 19.6. The molecule has 0 unspecified atom stereocenters. The molecule has 3 N–H and O–H groups in total. The highest BCUT2D eigenvalue weighted by Gasteiger charge is 2.17. The molecular formula is C17H13Cl3N4O3. The van der Waals surface area contributed by atoms with E-state index in [9.17, 15) is 14.7 Å². The van der Waals surface area contributed by atoms with Crippen LogP contribution in [0.2, 0.25) is 15.1 Å². The molecule has 1 aromatic heterocycles. The summed E-state index contributed by atoms with van der Waals surface area (Å²) in [5.74, 6) is -0.820. The van der Waals surface area contributed by atoms with E-state index in [2.05, 4.69) is 15.8 Å². The fourth-order valence-corrected chi connectivity index (χ4v) is 2.90. The smallest absolute Gasteiger partial charge is 0.305 e. The third-order valence-electron chi connectivity index (χ3n) is 3.68. The molecule has 0 saturated heterocycles. The molecule has 0 spiro atoms. The highest BCUT2D eigenvalue weighted by molar-refractivity contribution is 6.42. The fraction of sp³-hybridized carbons (Fsp3) is 0.118. The Morgan fingerprint density at radius 2 is 1.89 bits per heavy atom. The van der Waals surface area contributed by atoms with Crippen molar-refractivity contribution in [3.63, 3.8) is 0 Å². The van der Waals surface area contributed by atoms with Crippen LogP contribution in [0.3, 0.4) is 0 Å². The van der Waals surface area contributed by atoms with Gasteiger partial charge in [0.05, 0.1) is 39.8 Å². The van der Waals surface area contributed by atoms with Crippen LogP contribution in [0.15, 0.2) is 41.2 Å². The Bertz CT molecular complexity index is 1080. The van der Waals surface area contributed by atoms with Crippen LogP contribution in [-0.2, 0) is 6.54 Å². The average molecular weight is 428 g/mol. The van der Waals surface area contributed by atoms with Crippen LogP contribution in [0.1, 0.15) is 10.6 Å². The van der Waals surface area contributed by atoms with Crippen molar-refractivity contribution < 1.29 is 9.90 Å². The highest BCUT2D eigenvalue weighted by atomic mass is 35.5. The standard InChI is InChI=1S/C17H13Cl3N4O3/c18-9-1-4-14-11(7-9)17(27)24(5-6-25)15(21-14)16(26)23-22-10-2-3-12(19)13(20)8-10/h1-4,7-8,22,25H,5-6H2,(H,23,26). The number of aliphatic hydroxyl groups excluding tert-OH is 1. The fourth-order valence-electron chi connectivity index (χ4n) is 2.43. The van der Waals surface area contributed by atoms with Crippen LogP contribution in [0.5, 0.6) is 0 Å². The van der Waals surface area contributed by atoms with Crippen molar-refractivity contribution in [1.29, 1.82) is 0 Å². The first-order valence-corrected chi connectivity index (χ1v) is 8.86. The van der Waals surface area contributed by atoms with Gasteiger partial charge in [-0.05, 0) is 36.4 Å². The number of rotatable bonds is 5. The van der Waals surface area contributed by atoms with E-state index in [4.69, 9.17) is 34.8 Å². The highest BCUT2D eigenvalue weighted by Crippen LogP contribution is 2.24. The summed E-state index contributed by atoms with van der Waals surface area (Å²) in [6.07, 6.45) is 0. The molecule has 0 radical (unpaired) electrons. The molecule has 1 heterocycles. The van der Waals surface area contributed by atoms with Gasteiger partial charge in [-0.1, -0.05) is 34.8 Å². The Morgan fingerprint density at radius 1 is 1.11 bits per heavy atom. The average Bonchev–Trinajstić information content (AvgIpc) is 2.65. The number of carbonyl (C=O) groups is 1. The van der Waals surface area contributed by atoms with Gasteiger partial charge in [-0.2, -0.15) is 0 Å². The maximum Gasteiger partial charge on any atom is 0.305 e. The molecule has 0 aliphatic rings. The Morgan fingerprint density at radius 3 is 2.59 bits per heavy atom. The molecule has 3 rings (SSSR count). The van der Waals surface area contributed by atoms with Gasteiger partial charge in [0.15, 0.2) is 0 Å². The molecule has 0 fully saturated rings. The second-order valence-electron chi connectivity index (χ2n) is 5.49. The number of halogens is 3. The number of fused-ring (bicyclic) bond motifs is 1. The number of benzene rings is 2. The molecule has 0 aliphatic heterocycles. The number of carbonyl (C=O) groups excluding carboxylic acids is 1. The van der Waals surface area contributed by atoms with E-state index in [1.165, 1.54) is 12.1 Å². The third-order valence-corrected chi connectivity index (χ3v) is 4.66. The quantitative estimate of drug-likeness (QED) is 0.544. The first-order valence-electron chi connectivity index (χ1n) is 7.73. The zero-order valence-electron chi connectivity index (χ0n) is 13.7. The molecule has 10 heteroatoms. The van der Waals surface area contributed by atoms with Crippen LogP contribution < -0.4 is 16.4 Å². The predicted molar refractivity (Wildman–Crippen MR) is 106 cm³/mol. The summed E-state index contributed by atoms with van der Waals surface area (Å²) in [6, 6.07) is 9.30. The number of hydrogen-bond donors (Lipinski definition) is 3. The molecule has 0 atom stereocenters. The normalized spacial score (nSPS) is 10.8. The molecule has 140 valence electrons. The number of nitrogens with zero attached hydrogens (tertiary/aromatic N) is 2. The van der Waals surface area contributed by atoms with Gasteiger partial charge >= 0.3 is 5.91 Å². The SMILES string of the molecule is O=C(NNc1ccc(Cl)c(Cl)c1)c1nc2ccc(Cl)cc2c(=O)n1CCO. The summed E-state index contributed by atoms with van der Waals surface area (Å²) in [5, 5.41) is 10.6. The molecule has 2 aromatic carbocycles. The van der Waals surface area contributed by atoms with Gasteiger partial charge in [-0.3, -0.25) is 25.0 Å². The number of anilines is 1. The van der Waals surface area contributed by atoms with Gasteiger partial charge < -0.3 is 5.11 Å². The molecule has 0 bridgehead atoms. The lowest BCUT2D eigenvalue weighted by Gasteiger charge is -2.14. The number of hydrazine groups is 1. The van der Waals surface area contributed by atoms with Crippen molar-refractivity contribution in [2.24, 2.45) is 0 Å². The van der Waals surface area contributed by atoms with Crippen molar-refractivity contribution in [3.8, 4) is 0 Å². The first-order chi connectivity index (χ1) is 12.9. The van der Waals surface area contributed by atoms with Crippen molar-refractivity contribution in [3.05, 3.63) is 67.6 Å². The maximum absolute atomic E-state index is 12.7. The summed E-state index contributed by atoms with van der Waals surface area (Å²) in [6.45, 7) is -0.433. The summed E-state index contributed by atoms with van der Waals surface area (Å²) >= 11 is 17.7. The topological polar surface area (TPSA) is 96.3 Å². The van der Waals surface area contributed by atoms with Crippen LogP contribution in [0, 0.1) is 0 Å². The number of hydrogen-bond acceptors (Lipinski definition) is 5. The summed E-state index contributed by atoms with van der Waals surface area (Å²) in [4.78, 5) is 29.5. The molecule has 7 nitrogen and oxygen atoms in total. The lowest BCUT2D eigenvalue weighted by molar-refractivity contribution is 0.0945. The van der Waals surface area contributed by atoms with Gasteiger partial charge in [0, 0.05) is 5.02 Å². The summed E-state index contributed by atoms with van der Waals surface area (Å²) < 4.78 is 1.09. The zero-order valence-corrected chi connectivity index (χ0v) is 15.9. The Labute approximate surface area is 168 Å². The van der Waals surface area contributed by atoms with Crippen molar-refractivity contribution >= 4 is 57.3 Å². The molecule has 27 heavy (non-hydrogen) atoms. The Kier molecular flexibility index (Phi) is 5.86. The van der Waals surface area contributed by atoms with Crippen molar-refractivity contribution in [1.82, 2.24) is 15.0 Å². The molecule has 1 amide bonds. The second-order valence-corrected chi connectivity index (χ2v) is 6.74. The molecule has 0 saturated carbocycles. The minimum atomic E-state index is -0.663. The first kappa shape index (κ1) is 19.4. The number of amides is 1. The Hall–Kier alpha value is -2.32. The van der Waals surface area contributed by atoms with E-state index < -0.39 is 11.5 Å². The predicted octanol–water partition coefficient (Wildman–Crippen LogP) is 3.11.